The zero-order valence-corrected chi connectivity index (χ0v) is 12.9. The molecule has 3 N–H and O–H groups in total. The van der Waals surface area contributed by atoms with Gasteiger partial charge in [-0.05, 0) is 30.7 Å². The molecule has 18 heavy (non-hydrogen) atoms. The van der Waals surface area contributed by atoms with Crippen LogP contribution in [-0.4, -0.2) is 31.0 Å². The van der Waals surface area contributed by atoms with Gasteiger partial charge in [-0.1, -0.05) is 12.2 Å². The zero-order chi connectivity index (χ0) is 13.2. The lowest BCUT2D eigenvalue weighted by atomic mass is 10.2. The molecule has 1 aliphatic rings. The summed E-state index contributed by atoms with van der Waals surface area (Å²) in [7, 11) is -3.42. The van der Waals surface area contributed by atoms with Gasteiger partial charge in [0, 0.05) is 11.8 Å². The summed E-state index contributed by atoms with van der Waals surface area (Å²) in [6, 6.07) is 3.19. The highest BCUT2D eigenvalue weighted by atomic mass is 32.2. The van der Waals surface area contributed by atoms with E-state index >= 15 is 0 Å². The number of thiocarbonyl (C=S) groups is 1. The Morgan fingerprint density at radius 1 is 1.56 bits per heavy atom. The van der Waals surface area contributed by atoms with Gasteiger partial charge in [-0.2, -0.15) is 11.8 Å². The fourth-order valence-electron chi connectivity index (χ4n) is 1.68. The van der Waals surface area contributed by atoms with Crippen LogP contribution < -0.4 is 10.5 Å². The fraction of sp³-hybridized carbons (Fsp3) is 0.500. The Kier molecular flexibility index (Phi) is 4.65. The predicted octanol–water partition coefficient (Wildman–Crippen LogP) is 1.56. The zero-order valence-electron chi connectivity index (χ0n) is 9.59. The third-order valence-electron chi connectivity index (χ3n) is 2.61. The van der Waals surface area contributed by atoms with Crippen LogP contribution >= 0.6 is 35.3 Å². The molecule has 4 nitrogen and oxygen atoms in total. The SMILES string of the molecule is NC(=S)c1ccc(S(=O)(=O)NCC2CCCS2)s1. The number of thioether (sulfide) groups is 1. The predicted molar refractivity (Wildman–Crippen MR) is 80.9 cm³/mol. The van der Waals surface area contributed by atoms with Gasteiger partial charge in [0.15, 0.2) is 0 Å². The minimum absolute atomic E-state index is 0.229. The standard InChI is InChI=1S/C10H14N2O2S4/c11-10(15)8-3-4-9(17-8)18(13,14)12-6-7-2-1-5-16-7/h3-4,7,12H,1-2,5-6H2,(H2,11,15). The molecule has 0 spiro atoms. The molecule has 1 aliphatic heterocycles. The number of hydrogen-bond donors (Lipinski definition) is 2. The molecule has 1 unspecified atom stereocenters. The van der Waals surface area contributed by atoms with Crippen LogP contribution in [0.25, 0.3) is 0 Å². The quantitative estimate of drug-likeness (QED) is 0.805. The average Bonchev–Trinajstić information content (AvgIpc) is 2.98. The van der Waals surface area contributed by atoms with Crippen molar-refractivity contribution >= 4 is 50.3 Å². The molecule has 8 heteroatoms. The fourth-order valence-corrected chi connectivity index (χ4v) is 5.46. The summed E-state index contributed by atoms with van der Waals surface area (Å²) in [4.78, 5) is 0.855. The van der Waals surface area contributed by atoms with Crippen LogP contribution in [0, 0.1) is 0 Å². The highest BCUT2D eigenvalue weighted by Crippen LogP contribution is 2.26. The van der Waals surface area contributed by atoms with Crippen LogP contribution in [0.15, 0.2) is 16.3 Å². The highest BCUT2D eigenvalue weighted by Gasteiger charge is 2.21. The molecule has 1 atom stereocenters. The van der Waals surface area contributed by atoms with Gasteiger partial charge in [0.2, 0.25) is 10.0 Å². The van der Waals surface area contributed by atoms with Crippen molar-refractivity contribution in [2.75, 3.05) is 12.3 Å². The van der Waals surface area contributed by atoms with Crippen molar-refractivity contribution in [1.29, 1.82) is 0 Å². The van der Waals surface area contributed by atoms with Gasteiger partial charge in [-0.15, -0.1) is 11.3 Å². The smallest absolute Gasteiger partial charge is 0.250 e. The molecule has 0 aromatic carbocycles. The maximum atomic E-state index is 12.0. The molecule has 0 aliphatic carbocycles. The molecule has 1 saturated heterocycles. The molecule has 0 saturated carbocycles. The van der Waals surface area contributed by atoms with E-state index in [1.165, 1.54) is 6.42 Å². The van der Waals surface area contributed by atoms with Gasteiger partial charge < -0.3 is 5.73 Å². The first kappa shape index (κ1) is 14.3. The summed E-state index contributed by atoms with van der Waals surface area (Å²) in [6.45, 7) is 0.493. The van der Waals surface area contributed by atoms with Crippen molar-refractivity contribution in [3.05, 3.63) is 17.0 Å². The first-order chi connectivity index (χ1) is 8.49. The summed E-state index contributed by atoms with van der Waals surface area (Å²) >= 11 is 7.75. The van der Waals surface area contributed by atoms with Crippen LogP contribution in [0.2, 0.25) is 0 Å². The molecule has 0 radical (unpaired) electrons. The van der Waals surface area contributed by atoms with Gasteiger partial charge in [0.1, 0.15) is 9.20 Å². The molecule has 2 rings (SSSR count). The van der Waals surface area contributed by atoms with E-state index in [0.717, 1.165) is 23.5 Å². The maximum Gasteiger partial charge on any atom is 0.250 e. The largest absolute Gasteiger partial charge is 0.389 e. The summed E-state index contributed by atoms with van der Waals surface area (Å²) in [5.41, 5.74) is 5.47. The molecule has 0 bridgehead atoms. The monoisotopic (exact) mass is 322 g/mol. The molecule has 1 aromatic heterocycles. The Morgan fingerprint density at radius 3 is 2.89 bits per heavy atom. The van der Waals surface area contributed by atoms with E-state index in [9.17, 15) is 8.42 Å². The molecule has 100 valence electrons. The van der Waals surface area contributed by atoms with E-state index in [0.29, 0.717) is 16.7 Å². The van der Waals surface area contributed by atoms with Gasteiger partial charge >= 0.3 is 0 Å². The number of sulfonamides is 1. The molecular weight excluding hydrogens is 308 g/mol. The number of hydrogen-bond acceptors (Lipinski definition) is 5. The number of nitrogens with two attached hydrogens (primary N) is 1. The lowest BCUT2D eigenvalue weighted by molar-refractivity contribution is 0.581. The Morgan fingerprint density at radius 2 is 2.33 bits per heavy atom. The number of rotatable bonds is 5. The summed E-state index contributed by atoms with van der Waals surface area (Å²) < 4.78 is 27.0. The van der Waals surface area contributed by atoms with Crippen molar-refractivity contribution in [2.45, 2.75) is 22.3 Å². The van der Waals surface area contributed by atoms with E-state index in [-0.39, 0.29) is 9.20 Å². The van der Waals surface area contributed by atoms with Gasteiger partial charge in [-0.25, -0.2) is 13.1 Å². The van der Waals surface area contributed by atoms with Crippen molar-refractivity contribution in [2.24, 2.45) is 5.73 Å². The minimum Gasteiger partial charge on any atom is -0.389 e. The lowest BCUT2D eigenvalue weighted by Gasteiger charge is -2.09. The van der Waals surface area contributed by atoms with Crippen LogP contribution in [0.4, 0.5) is 0 Å². The van der Waals surface area contributed by atoms with Gasteiger partial charge in [-0.3, -0.25) is 0 Å². The van der Waals surface area contributed by atoms with E-state index < -0.39 is 10.0 Å². The topological polar surface area (TPSA) is 72.2 Å². The molecule has 0 amide bonds. The summed E-state index contributed by atoms with van der Waals surface area (Å²) in [5, 5.41) is 0.398. The molecule has 2 heterocycles. The van der Waals surface area contributed by atoms with Crippen LogP contribution in [-0.2, 0) is 10.0 Å². The van der Waals surface area contributed by atoms with E-state index in [2.05, 4.69) is 4.72 Å². The van der Waals surface area contributed by atoms with Crippen LogP contribution in [0.5, 0.6) is 0 Å². The van der Waals surface area contributed by atoms with Crippen molar-refractivity contribution < 1.29 is 8.42 Å². The summed E-state index contributed by atoms with van der Waals surface area (Å²) in [5.74, 6) is 1.12. The Bertz CT molecular complexity index is 532. The van der Waals surface area contributed by atoms with Crippen molar-refractivity contribution in [3.8, 4) is 0 Å². The van der Waals surface area contributed by atoms with Crippen LogP contribution in [0.1, 0.15) is 17.7 Å². The number of thiophene rings is 1. The van der Waals surface area contributed by atoms with Crippen LogP contribution in [0.3, 0.4) is 0 Å². The molecule has 1 fully saturated rings. The first-order valence-electron chi connectivity index (χ1n) is 5.50. The Balaban J connectivity index is 2.02. The lowest BCUT2D eigenvalue weighted by Crippen LogP contribution is -2.29. The average molecular weight is 323 g/mol. The van der Waals surface area contributed by atoms with E-state index in [4.69, 9.17) is 18.0 Å². The first-order valence-corrected chi connectivity index (χ1v) is 9.25. The third kappa shape index (κ3) is 3.45. The molecule has 1 aromatic rings. The Hall–Kier alpha value is -0.150. The normalized spacial score (nSPS) is 20.1. The maximum absolute atomic E-state index is 12.0. The van der Waals surface area contributed by atoms with Crippen molar-refractivity contribution in [1.82, 2.24) is 4.72 Å². The number of nitrogens with one attached hydrogen (secondary N) is 1. The second kappa shape index (κ2) is 5.87. The Labute approximate surface area is 120 Å². The minimum atomic E-state index is -3.42. The van der Waals surface area contributed by atoms with E-state index in [1.807, 2.05) is 11.8 Å². The van der Waals surface area contributed by atoms with Gasteiger partial charge in [0.25, 0.3) is 0 Å². The molecular formula is C10H14N2O2S4. The summed E-state index contributed by atoms with van der Waals surface area (Å²) in [6.07, 6.45) is 2.25. The highest BCUT2D eigenvalue weighted by molar-refractivity contribution is 8.00. The van der Waals surface area contributed by atoms with E-state index in [1.54, 1.807) is 12.1 Å². The van der Waals surface area contributed by atoms with Crippen molar-refractivity contribution in [3.63, 3.8) is 0 Å². The van der Waals surface area contributed by atoms with Gasteiger partial charge in [0.05, 0.1) is 4.88 Å². The second-order valence-corrected chi connectivity index (χ2v) is 8.90. The third-order valence-corrected chi connectivity index (χ3v) is 7.40. The second-order valence-electron chi connectivity index (χ2n) is 3.97.